The zero-order valence-electron chi connectivity index (χ0n) is 6.66. The fourth-order valence-electron chi connectivity index (χ4n) is 2.07. The van der Waals surface area contributed by atoms with Crippen molar-refractivity contribution in [1.82, 2.24) is 4.98 Å². The summed E-state index contributed by atoms with van der Waals surface area (Å²) < 4.78 is 0. The van der Waals surface area contributed by atoms with Crippen LogP contribution in [0.15, 0.2) is 18.3 Å². The second-order valence-corrected chi connectivity index (χ2v) is 3.67. The van der Waals surface area contributed by atoms with E-state index in [1.807, 2.05) is 12.1 Å². The molecule has 0 spiro atoms. The van der Waals surface area contributed by atoms with Crippen molar-refractivity contribution in [2.75, 3.05) is 0 Å². The number of Topliss-reactive ketones (excluding diaryl/α,β-unsaturated/α-hetero) is 1. The summed E-state index contributed by atoms with van der Waals surface area (Å²) in [4.78, 5) is 15.8. The average molecular weight is 159 g/mol. The van der Waals surface area contributed by atoms with Crippen LogP contribution in [0.5, 0.6) is 0 Å². The molecule has 0 aliphatic heterocycles. The molecule has 1 aromatic heterocycles. The van der Waals surface area contributed by atoms with E-state index in [0.717, 1.165) is 24.1 Å². The largest absolute Gasteiger partial charge is 0.294 e. The molecule has 0 aromatic carbocycles. The maximum atomic E-state index is 11.6. The van der Waals surface area contributed by atoms with Gasteiger partial charge in [-0.05, 0) is 30.9 Å². The van der Waals surface area contributed by atoms with E-state index in [9.17, 15) is 4.79 Å². The van der Waals surface area contributed by atoms with Gasteiger partial charge >= 0.3 is 0 Å². The predicted octanol–water partition coefficient (Wildman–Crippen LogP) is 1.46. The third kappa shape index (κ3) is 0.697. The van der Waals surface area contributed by atoms with E-state index in [4.69, 9.17) is 0 Å². The van der Waals surface area contributed by atoms with Crippen molar-refractivity contribution in [3.05, 3.63) is 29.6 Å². The third-order valence-corrected chi connectivity index (χ3v) is 2.87. The summed E-state index contributed by atoms with van der Waals surface area (Å²) in [5.41, 5.74) is 1.89. The van der Waals surface area contributed by atoms with Gasteiger partial charge < -0.3 is 0 Å². The van der Waals surface area contributed by atoms with Gasteiger partial charge in [-0.25, -0.2) is 0 Å². The van der Waals surface area contributed by atoms with Crippen molar-refractivity contribution in [3.8, 4) is 0 Å². The van der Waals surface area contributed by atoms with E-state index < -0.39 is 0 Å². The van der Waals surface area contributed by atoms with E-state index in [2.05, 4.69) is 4.98 Å². The molecule has 12 heavy (non-hydrogen) atoms. The molecule has 2 atom stereocenters. The number of hydrogen-bond donors (Lipinski definition) is 0. The number of carbonyl (C=O) groups is 1. The number of carbonyl (C=O) groups excluding carboxylic acids is 1. The number of hydrogen-bond acceptors (Lipinski definition) is 2. The average Bonchev–Trinajstić information content (AvgIpc) is 2.84. The quantitative estimate of drug-likeness (QED) is 0.573. The van der Waals surface area contributed by atoms with Crippen LogP contribution in [-0.4, -0.2) is 10.8 Å². The van der Waals surface area contributed by atoms with Crippen LogP contribution in [0.25, 0.3) is 0 Å². The molecule has 1 heterocycles. The number of nitrogens with zero attached hydrogens (tertiary/aromatic N) is 1. The first-order chi connectivity index (χ1) is 5.86. The highest BCUT2D eigenvalue weighted by molar-refractivity contribution is 6.01. The van der Waals surface area contributed by atoms with E-state index in [0.29, 0.717) is 17.6 Å². The highest BCUT2D eigenvalue weighted by Crippen LogP contribution is 2.47. The summed E-state index contributed by atoms with van der Waals surface area (Å²) in [6, 6.07) is 3.75. The maximum Gasteiger partial charge on any atom is 0.168 e. The van der Waals surface area contributed by atoms with Gasteiger partial charge in [0.15, 0.2) is 5.78 Å². The van der Waals surface area contributed by atoms with Crippen LogP contribution in [0.1, 0.15) is 22.5 Å². The molecule has 0 amide bonds. The lowest BCUT2D eigenvalue weighted by Crippen LogP contribution is -2.14. The lowest BCUT2D eigenvalue weighted by atomic mass is 9.95. The number of rotatable bonds is 0. The highest BCUT2D eigenvalue weighted by atomic mass is 16.1. The fraction of sp³-hybridized carbons (Fsp3) is 0.400. The summed E-state index contributed by atoms with van der Waals surface area (Å²) in [5.74, 6) is 1.30. The Morgan fingerprint density at radius 3 is 3.33 bits per heavy atom. The third-order valence-electron chi connectivity index (χ3n) is 2.87. The van der Waals surface area contributed by atoms with Gasteiger partial charge in [-0.3, -0.25) is 9.78 Å². The number of ketones is 1. The summed E-state index contributed by atoms with van der Waals surface area (Å²) in [6.45, 7) is 0. The maximum absolute atomic E-state index is 11.6. The first-order valence-corrected chi connectivity index (χ1v) is 4.34. The Kier molecular flexibility index (Phi) is 1.03. The molecule has 1 fully saturated rings. The molecule has 1 saturated carbocycles. The monoisotopic (exact) mass is 159 g/mol. The van der Waals surface area contributed by atoms with Crippen LogP contribution in [-0.2, 0) is 6.42 Å². The minimum Gasteiger partial charge on any atom is -0.294 e. The topological polar surface area (TPSA) is 30.0 Å². The molecule has 2 aliphatic rings. The van der Waals surface area contributed by atoms with Gasteiger partial charge in [0.2, 0.25) is 0 Å². The molecule has 2 aliphatic carbocycles. The Hall–Kier alpha value is -1.18. The van der Waals surface area contributed by atoms with Crippen LogP contribution in [0.2, 0.25) is 0 Å². The Balaban J connectivity index is 2.17. The Morgan fingerprint density at radius 2 is 2.42 bits per heavy atom. The summed E-state index contributed by atoms with van der Waals surface area (Å²) in [7, 11) is 0. The van der Waals surface area contributed by atoms with E-state index in [1.165, 1.54) is 0 Å². The van der Waals surface area contributed by atoms with Crippen molar-refractivity contribution in [1.29, 1.82) is 0 Å². The molecular formula is C10H9NO. The van der Waals surface area contributed by atoms with Crippen LogP contribution >= 0.6 is 0 Å². The molecule has 1 aromatic rings. The summed E-state index contributed by atoms with van der Waals surface area (Å²) in [6.07, 6.45) is 3.89. The van der Waals surface area contributed by atoms with Crippen LogP contribution in [0.4, 0.5) is 0 Å². The van der Waals surface area contributed by atoms with Crippen molar-refractivity contribution in [2.45, 2.75) is 12.8 Å². The fourth-order valence-corrected chi connectivity index (χ4v) is 2.07. The van der Waals surface area contributed by atoms with Crippen molar-refractivity contribution in [3.63, 3.8) is 0 Å². The minimum absolute atomic E-state index is 0.328. The van der Waals surface area contributed by atoms with E-state index in [1.54, 1.807) is 6.20 Å². The van der Waals surface area contributed by atoms with Gasteiger partial charge in [-0.15, -0.1) is 0 Å². The van der Waals surface area contributed by atoms with Crippen LogP contribution < -0.4 is 0 Å². The Labute approximate surface area is 70.6 Å². The number of fused-ring (bicyclic) bond motifs is 2. The van der Waals surface area contributed by atoms with Crippen molar-refractivity contribution in [2.24, 2.45) is 11.8 Å². The SMILES string of the molecule is O=C1c2cccnc2CC2CC12. The lowest BCUT2D eigenvalue weighted by molar-refractivity contribution is 0.0953. The number of pyridine rings is 1. The van der Waals surface area contributed by atoms with Gasteiger partial charge in [0.05, 0.1) is 5.69 Å². The molecule has 60 valence electrons. The molecule has 0 saturated heterocycles. The molecule has 3 rings (SSSR count). The predicted molar refractivity (Wildman–Crippen MR) is 43.9 cm³/mol. The normalized spacial score (nSPS) is 30.8. The molecule has 2 nitrogen and oxygen atoms in total. The molecule has 0 radical (unpaired) electrons. The second kappa shape index (κ2) is 1.94. The summed E-state index contributed by atoms with van der Waals surface area (Å²) in [5, 5.41) is 0. The number of aromatic nitrogens is 1. The Morgan fingerprint density at radius 1 is 1.50 bits per heavy atom. The van der Waals surface area contributed by atoms with Crippen LogP contribution in [0.3, 0.4) is 0 Å². The molecule has 0 N–H and O–H groups in total. The van der Waals surface area contributed by atoms with Crippen LogP contribution in [0, 0.1) is 11.8 Å². The zero-order valence-corrected chi connectivity index (χ0v) is 6.66. The molecular weight excluding hydrogens is 150 g/mol. The van der Waals surface area contributed by atoms with Crippen molar-refractivity contribution < 1.29 is 4.79 Å². The molecule has 2 heteroatoms. The van der Waals surface area contributed by atoms with Gasteiger partial charge in [-0.1, -0.05) is 0 Å². The Bertz CT molecular complexity index is 359. The standard InChI is InChI=1S/C10H9NO/c12-10-7-2-1-3-11-9(7)5-6-4-8(6)10/h1-3,6,8H,4-5H2. The van der Waals surface area contributed by atoms with Gasteiger partial charge in [0.25, 0.3) is 0 Å². The first kappa shape index (κ1) is 6.35. The zero-order chi connectivity index (χ0) is 8.13. The van der Waals surface area contributed by atoms with E-state index >= 15 is 0 Å². The van der Waals surface area contributed by atoms with Gasteiger partial charge in [0, 0.05) is 17.7 Å². The highest BCUT2D eigenvalue weighted by Gasteiger charge is 2.47. The van der Waals surface area contributed by atoms with Crippen molar-refractivity contribution >= 4 is 5.78 Å². The molecule has 2 unspecified atom stereocenters. The molecule has 0 bridgehead atoms. The van der Waals surface area contributed by atoms with Gasteiger partial charge in [-0.2, -0.15) is 0 Å². The smallest absolute Gasteiger partial charge is 0.168 e. The second-order valence-electron chi connectivity index (χ2n) is 3.67. The minimum atomic E-state index is 0.328. The first-order valence-electron chi connectivity index (χ1n) is 4.34. The summed E-state index contributed by atoms with van der Waals surface area (Å²) >= 11 is 0. The van der Waals surface area contributed by atoms with Gasteiger partial charge in [0.1, 0.15) is 0 Å². The van der Waals surface area contributed by atoms with E-state index in [-0.39, 0.29) is 0 Å². The lowest BCUT2D eigenvalue weighted by Gasteiger charge is -2.11.